The van der Waals surface area contributed by atoms with E-state index in [9.17, 15) is 14.7 Å². The number of hydrogen-bond acceptors (Lipinski definition) is 4. The lowest BCUT2D eigenvalue weighted by atomic mass is 9.44. The molecule has 50 heavy (non-hydrogen) atoms. The molecule has 5 nitrogen and oxygen atoms in total. The number of nitrogens with one attached hydrogen (secondary N) is 1. The van der Waals surface area contributed by atoms with Crippen molar-refractivity contribution in [3.05, 3.63) is 70.7 Å². The van der Waals surface area contributed by atoms with Gasteiger partial charge in [-0.2, -0.15) is 0 Å². The summed E-state index contributed by atoms with van der Waals surface area (Å²) in [6.07, 6.45) is 16.3. The number of carboxylic acid groups (broad SMARTS) is 1. The minimum absolute atomic E-state index is 0.0504. The van der Waals surface area contributed by atoms with Crippen LogP contribution in [-0.2, 0) is 17.8 Å². The molecule has 4 saturated carbocycles. The van der Waals surface area contributed by atoms with E-state index in [2.05, 4.69) is 30.2 Å². The highest BCUT2D eigenvalue weighted by Gasteiger charge is 2.59. The summed E-state index contributed by atoms with van der Waals surface area (Å²) in [7, 11) is 0. The first-order chi connectivity index (χ1) is 24.0. The molecular formula is C44H57FN2O3. The average molecular weight is 681 g/mol. The van der Waals surface area contributed by atoms with Gasteiger partial charge in [-0.1, -0.05) is 44.2 Å². The molecule has 0 aliphatic heterocycles. The molecular weight excluding hydrogens is 623 g/mol. The van der Waals surface area contributed by atoms with Gasteiger partial charge in [-0.25, -0.2) is 4.39 Å². The van der Waals surface area contributed by atoms with E-state index in [-0.39, 0.29) is 11.6 Å². The quantitative estimate of drug-likeness (QED) is 0.197. The fourth-order valence-electron chi connectivity index (χ4n) is 12.1. The van der Waals surface area contributed by atoms with Gasteiger partial charge in [0.15, 0.2) is 5.78 Å². The number of carbonyl (C=O) groups excluding carboxylic acids is 1. The Kier molecular flexibility index (Phi) is 9.86. The molecule has 2 aromatic carbocycles. The second-order valence-electron chi connectivity index (χ2n) is 17.2. The second-order valence-corrected chi connectivity index (χ2v) is 17.2. The van der Waals surface area contributed by atoms with Crippen LogP contribution in [0.1, 0.15) is 131 Å². The zero-order valence-corrected chi connectivity index (χ0v) is 30.7. The van der Waals surface area contributed by atoms with Crippen molar-refractivity contribution < 1.29 is 19.1 Å². The molecule has 268 valence electrons. The van der Waals surface area contributed by atoms with Crippen LogP contribution in [0, 0.1) is 59.1 Å². The summed E-state index contributed by atoms with van der Waals surface area (Å²) >= 11 is 0. The number of Topliss-reactive ketones (excluding diaryl/α,β-unsaturated/α-hetero) is 1. The number of para-hydroxylation sites is 1. The maximum atomic E-state index is 15.5. The second kappa shape index (κ2) is 14.0. The third-order valence-electron chi connectivity index (χ3n) is 14.8. The molecule has 8 atom stereocenters. The molecule has 1 aromatic heterocycles. The Morgan fingerprint density at radius 2 is 1.74 bits per heavy atom. The Morgan fingerprint density at radius 3 is 2.52 bits per heavy atom. The number of fused-ring (bicyclic) bond motifs is 6. The van der Waals surface area contributed by atoms with E-state index in [1.54, 1.807) is 13.0 Å². The summed E-state index contributed by atoms with van der Waals surface area (Å²) in [5, 5.41) is 13.5. The molecule has 0 radical (unpaired) electrons. The summed E-state index contributed by atoms with van der Waals surface area (Å²) in [5.74, 6) is 3.84. The van der Waals surface area contributed by atoms with Gasteiger partial charge in [-0.3, -0.25) is 14.6 Å². The lowest BCUT2D eigenvalue weighted by molar-refractivity contribution is -0.137. The number of benzene rings is 2. The van der Waals surface area contributed by atoms with Gasteiger partial charge in [-0.15, -0.1) is 0 Å². The van der Waals surface area contributed by atoms with Gasteiger partial charge < -0.3 is 10.4 Å². The van der Waals surface area contributed by atoms with Gasteiger partial charge in [0, 0.05) is 23.9 Å². The van der Waals surface area contributed by atoms with Crippen LogP contribution in [0.5, 0.6) is 0 Å². The van der Waals surface area contributed by atoms with E-state index < -0.39 is 5.97 Å². The molecule has 4 fully saturated rings. The van der Waals surface area contributed by atoms with E-state index in [4.69, 9.17) is 0 Å². The number of aliphatic carboxylic acids is 1. The number of carbonyl (C=O) groups is 2. The number of anilines is 1. The van der Waals surface area contributed by atoms with Crippen molar-refractivity contribution in [2.75, 3.05) is 5.32 Å². The molecule has 4 aliphatic rings. The molecule has 0 spiro atoms. The molecule has 1 heterocycles. The van der Waals surface area contributed by atoms with Crippen molar-refractivity contribution in [3.63, 3.8) is 0 Å². The van der Waals surface area contributed by atoms with Crippen molar-refractivity contribution in [1.29, 1.82) is 0 Å². The number of aromatic nitrogens is 1. The smallest absolute Gasteiger partial charge is 0.303 e. The Hall–Kier alpha value is -3.28. The number of pyridine rings is 1. The van der Waals surface area contributed by atoms with Crippen molar-refractivity contribution in [2.24, 2.45) is 46.3 Å². The highest BCUT2D eigenvalue weighted by Crippen LogP contribution is 2.68. The number of halogens is 1. The molecule has 0 amide bonds. The molecule has 6 heteroatoms. The molecule has 3 aromatic rings. The third-order valence-corrected chi connectivity index (χ3v) is 14.8. The van der Waals surface area contributed by atoms with Gasteiger partial charge in [0.1, 0.15) is 5.82 Å². The van der Waals surface area contributed by atoms with Gasteiger partial charge in [0.25, 0.3) is 0 Å². The molecule has 2 N–H and O–H groups in total. The SMILES string of the molecule is CC(=O)c1c(C)nc2ccccc2c1NCc1ccc(CCC2CCC3(C)C(CCC4C3CCC3(C)C4CC[C@@H]3CCCC(=O)O)C2)cc1F. The first kappa shape index (κ1) is 35.1. The highest BCUT2D eigenvalue weighted by atomic mass is 19.1. The van der Waals surface area contributed by atoms with Gasteiger partial charge in [-0.05, 0) is 161 Å². The van der Waals surface area contributed by atoms with Gasteiger partial charge in [0.05, 0.1) is 22.5 Å². The summed E-state index contributed by atoms with van der Waals surface area (Å²) in [6.45, 7) is 8.92. The summed E-state index contributed by atoms with van der Waals surface area (Å²) in [6, 6.07) is 13.5. The number of hydrogen-bond donors (Lipinski definition) is 2. The monoisotopic (exact) mass is 680 g/mol. The van der Waals surface area contributed by atoms with Crippen molar-refractivity contribution in [2.45, 2.75) is 124 Å². The van der Waals surface area contributed by atoms with Crippen LogP contribution in [-0.4, -0.2) is 21.8 Å². The van der Waals surface area contributed by atoms with E-state index in [0.29, 0.717) is 52.5 Å². The zero-order chi connectivity index (χ0) is 35.2. The number of aryl methyl sites for hydroxylation is 2. The van der Waals surface area contributed by atoms with E-state index in [1.807, 2.05) is 37.3 Å². The molecule has 7 unspecified atom stereocenters. The van der Waals surface area contributed by atoms with Crippen LogP contribution in [0.25, 0.3) is 10.9 Å². The van der Waals surface area contributed by atoms with Crippen LogP contribution in [0.15, 0.2) is 42.5 Å². The third kappa shape index (κ3) is 6.50. The Labute approximate surface area is 298 Å². The van der Waals surface area contributed by atoms with Crippen molar-refractivity contribution >= 4 is 28.3 Å². The molecule has 0 bridgehead atoms. The van der Waals surface area contributed by atoms with Crippen molar-refractivity contribution in [1.82, 2.24) is 4.98 Å². The van der Waals surface area contributed by atoms with Crippen LogP contribution >= 0.6 is 0 Å². The van der Waals surface area contributed by atoms with E-state index in [1.165, 1.54) is 57.8 Å². The number of nitrogens with zero attached hydrogens (tertiary/aromatic N) is 1. The van der Waals surface area contributed by atoms with E-state index >= 15 is 4.39 Å². The number of carboxylic acids is 1. The minimum atomic E-state index is -0.652. The maximum Gasteiger partial charge on any atom is 0.303 e. The summed E-state index contributed by atoms with van der Waals surface area (Å²) in [4.78, 5) is 28.3. The predicted octanol–water partition coefficient (Wildman–Crippen LogP) is 11.0. The highest BCUT2D eigenvalue weighted by molar-refractivity contribution is 6.08. The maximum absolute atomic E-state index is 15.5. The topological polar surface area (TPSA) is 79.3 Å². The first-order valence-corrected chi connectivity index (χ1v) is 19.6. The largest absolute Gasteiger partial charge is 0.481 e. The Morgan fingerprint density at radius 1 is 0.960 bits per heavy atom. The molecule has 4 aliphatic carbocycles. The first-order valence-electron chi connectivity index (χ1n) is 19.6. The Bertz CT molecular complexity index is 1750. The fourth-order valence-corrected chi connectivity index (χ4v) is 12.1. The standard InChI is InChI=1S/C44H57FN2O3/c1-27-41(28(2)48)42(35-9-5-6-10-39(35)47-27)46-26-31-15-14-29(25-38(31)45)12-13-30-20-22-44(4)33(24-30)16-18-34-36-19-17-32(8-7-11-40(49)50)43(36,3)23-21-37(34)44/h5-6,9-10,14-15,25,30,32-34,36-37H,7-8,11-13,16-24,26H2,1-4H3,(H,46,47)(H,49,50)/t30?,32-,33?,34?,36?,37?,43?,44?/m0/s1. The minimum Gasteiger partial charge on any atom is -0.481 e. The number of rotatable bonds is 11. The van der Waals surface area contributed by atoms with Crippen LogP contribution in [0.3, 0.4) is 0 Å². The van der Waals surface area contributed by atoms with Crippen LogP contribution in [0.4, 0.5) is 10.1 Å². The zero-order valence-electron chi connectivity index (χ0n) is 30.7. The Balaban J connectivity index is 0.947. The molecule has 0 saturated heterocycles. The van der Waals surface area contributed by atoms with Crippen LogP contribution in [0.2, 0.25) is 0 Å². The predicted molar refractivity (Wildman–Crippen MR) is 199 cm³/mol. The lowest BCUT2D eigenvalue weighted by Gasteiger charge is -2.61. The molecule has 7 rings (SSSR count). The lowest BCUT2D eigenvalue weighted by Crippen LogP contribution is -2.53. The van der Waals surface area contributed by atoms with E-state index in [0.717, 1.165) is 71.5 Å². The van der Waals surface area contributed by atoms with Gasteiger partial charge >= 0.3 is 5.97 Å². The fraction of sp³-hybridized carbons (Fsp3) is 0.614. The van der Waals surface area contributed by atoms with Crippen molar-refractivity contribution in [3.8, 4) is 0 Å². The van der Waals surface area contributed by atoms with Gasteiger partial charge in [0.2, 0.25) is 0 Å². The summed E-state index contributed by atoms with van der Waals surface area (Å²) < 4.78 is 15.5. The average Bonchev–Trinajstić information content (AvgIpc) is 3.42. The summed E-state index contributed by atoms with van der Waals surface area (Å²) in [5.41, 5.74) is 5.32. The number of ketones is 1. The normalized spacial score (nSPS) is 31.9. The van der Waals surface area contributed by atoms with Crippen LogP contribution < -0.4 is 5.32 Å².